The molecule has 0 radical (unpaired) electrons. The van der Waals surface area contributed by atoms with Crippen molar-refractivity contribution in [1.29, 1.82) is 0 Å². The van der Waals surface area contributed by atoms with Crippen molar-refractivity contribution in [2.45, 2.75) is 44.2 Å². The number of aliphatic carboxylic acids is 1. The van der Waals surface area contributed by atoms with Gasteiger partial charge in [-0.05, 0) is 65.7 Å². The van der Waals surface area contributed by atoms with Gasteiger partial charge >= 0.3 is 5.97 Å². The zero-order chi connectivity index (χ0) is 14.8. The Kier molecular flexibility index (Phi) is 5.04. The third-order valence-electron chi connectivity index (χ3n) is 4.44. The van der Waals surface area contributed by atoms with Gasteiger partial charge in [-0.3, -0.25) is 10.1 Å². The molecular weight excluding hydrogens is 254 g/mol. The van der Waals surface area contributed by atoms with E-state index in [1.165, 1.54) is 12.8 Å². The van der Waals surface area contributed by atoms with Crippen LogP contribution < -0.4 is 5.32 Å². The van der Waals surface area contributed by atoms with Crippen LogP contribution in [0.2, 0.25) is 0 Å². The summed E-state index contributed by atoms with van der Waals surface area (Å²) in [5, 5.41) is 12.8. The van der Waals surface area contributed by atoms with Gasteiger partial charge in [0.25, 0.3) is 0 Å². The number of carboxylic acid groups (broad SMARTS) is 1. The maximum absolute atomic E-state index is 11.6. The molecule has 1 heterocycles. The first-order valence-electron chi connectivity index (χ1n) is 7.77. The molecule has 2 rings (SSSR count). The summed E-state index contributed by atoms with van der Waals surface area (Å²) >= 11 is 0. The molecule has 2 aliphatic rings. The van der Waals surface area contributed by atoms with Crippen LogP contribution in [0.4, 0.5) is 0 Å². The molecule has 1 atom stereocenters. The van der Waals surface area contributed by atoms with E-state index in [0.29, 0.717) is 12.6 Å². The molecule has 2 fully saturated rings. The lowest BCUT2D eigenvalue weighted by Gasteiger charge is -2.38. The molecule has 1 aliphatic heterocycles. The van der Waals surface area contributed by atoms with E-state index in [2.05, 4.69) is 29.2 Å². The molecule has 2 N–H and O–H groups in total. The molecule has 5 nitrogen and oxygen atoms in total. The summed E-state index contributed by atoms with van der Waals surface area (Å²) in [6.07, 6.45) is 4.59. The lowest BCUT2D eigenvalue weighted by molar-refractivity contribution is -0.145. The zero-order valence-electron chi connectivity index (χ0n) is 13.1. The van der Waals surface area contributed by atoms with Crippen LogP contribution in [0.1, 0.15) is 32.6 Å². The van der Waals surface area contributed by atoms with Crippen LogP contribution in [0.5, 0.6) is 0 Å². The second kappa shape index (κ2) is 6.41. The van der Waals surface area contributed by atoms with E-state index >= 15 is 0 Å². The topological polar surface area (TPSA) is 55.8 Å². The van der Waals surface area contributed by atoms with Crippen LogP contribution in [0.15, 0.2) is 0 Å². The van der Waals surface area contributed by atoms with Crippen LogP contribution in [-0.4, -0.2) is 72.7 Å². The molecular formula is C15H29N3O2. The summed E-state index contributed by atoms with van der Waals surface area (Å²) in [5.74, 6) is 0.0357. The molecule has 116 valence electrons. The van der Waals surface area contributed by atoms with E-state index < -0.39 is 11.5 Å². The summed E-state index contributed by atoms with van der Waals surface area (Å²) in [7, 11) is 4.24. The van der Waals surface area contributed by atoms with Crippen molar-refractivity contribution in [2.75, 3.05) is 40.3 Å². The number of carboxylic acids is 1. The van der Waals surface area contributed by atoms with Gasteiger partial charge in [-0.15, -0.1) is 0 Å². The van der Waals surface area contributed by atoms with Crippen LogP contribution >= 0.6 is 0 Å². The normalized spacial score (nSPS) is 24.8. The Morgan fingerprint density at radius 1 is 1.30 bits per heavy atom. The van der Waals surface area contributed by atoms with Gasteiger partial charge in [0.15, 0.2) is 0 Å². The Morgan fingerprint density at radius 2 is 1.90 bits per heavy atom. The van der Waals surface area contributed by atoms with E-state index in [0.717, 1.165) is 38.4 Å². The predicted molar refractivity (Wildman–Crippen MR) is 79.9 cm³/mol. The molecule has 20 heavy (non-hydrogen) atoms. The maximum atomic E-state index is 11.6. The summed E-state index contributed by atoms with van der Waals surface area (Å²) in [6, 6.07) is 0.419. The molecule has 0 amide bonds. The minimum atomic E-state index is -0.796. The van der Waals surface area contributed by atoms with Gasteiger partial charge in [0.05, 0.1) is 0 Å². The van der Waals surface area contributed by atoms with Gasteiger partial charge in [0.1, 0.15) is 5.54 Å². The molecule has 5 heteroatoms. The van der Waals surface area contributed by atoms with E-state index in [9.17, 15) is 9.90 Å². The van der Waals surface area contributed by atoms with E-state index in [1.807, 2.05) is 6.92 Å². The van der Waals surface area contributed by atoms with E-state index in [4.69, 9.17) is 0 Å². The van der Waals surface area contributed by atoms with E-state index in [1.54, 1.807) is 0 Å². The average molecular weight is 283 g/mol. The first-order valence-corrected chi connectivity index (χ1v) is 7.77. The monoisotopic (exact) mass is 283 g/mol. The highest BCUT2D eigenvalue weighted by atomic mass is 16.4. The van der Waals surface area contributed by atoms with E-state index in [-0.39, 0.29) is 0 Å². The number of nitrogens with zero attached hydrogens (tertiary/aromatic N) is 2. The maximum Gasteiger partial charge on any atom is 0.324 e. The Bertz CT molecular complexity index is 336. The smallest absolute Gasteiger partial charge is 0.324 e. The first kappa shape index (κ1) is 15.7. The number of likely N-dealkylation sites (tertiary alicyclic amines) is 1. The number of hydrogen-bond acceptors (Lipinski definition) is 4. The largest absolute Gasteiger partial charge is 0.480 e. The predicted octanol–water partition coefficient (Wildman–Crippen LogP) is 0.855. The average Bonchev–Trinajstić information content (AvgIpc) is 3.14. The highest BCUT2D eigenvalue weighted by molar-refractivity contribution is 5.78. The van der Waals surface area contributed by atoms with Crippen LogP contribution in [0.25, 0.3) is 0 Å². The summed E-state index contributed by atoms with van der Waals surface area (Å²) in [5.41, 5.74) is -0.796. The highest BCUT2D eigenvalue weighted by Gasteiger charge is 2.40. The summed E-state index contributed by atoms with van der Waals surface area (Å²) in [4.78, 5) is 16.1. The minimum absolute atomic E-state index is 0.419. The molecule has 0 spiro atoms. The van der Waals surface area contributed by atoms with Crippen LogP contribution in [-0.2, 0) is 4.79 Å². The highest BCUT2D eigenvalue weighted by Crippen LogP contribution is 2.25. The molecule has 1 unspecified atom stereocenters. The molecule has 1 aliphatic carbocycles. The first-order chi connectivity index (χ1) is 9.39. The molecule has 0 aromatic carbocycles. The molecule has 1 saturated carbocycles. The van der Waals surface area contributed by atoms with Crippen molar-refractivity contribution in [3.05, 3.63) is 0 Å². The fourth-order valence-electron chi connectivity index (χ4n) is 3.14. The van der Waals surface area contributed by atoms with Gasteiger partial charge in [0, 0.05) is 19.1 Å². The number of piperidine rings is 1. The molecule has 0 aromatic heterocycles. The Morgan fingerprint density at radius 3 is 2.35 bits per heavy atom. The van der Waals surface area contributed by atoms with Crippen molar-refractivity contribution < 1.29 is 9.90 Å². The van der Waals surface area contributed by atoms with Crippen molar-refractivity contribution in [1.82, 2.24) is 15.1 Å². The lowest BCUT2D eigenvalue weighted by Crippen LogP contribution is -2.58. The number of rotatable bonds is 7. The second-order valence-corrected chi connectivity index (χ2v) is 7.04. The quantitative estimate of drug-likeness (QED) is 0.726. The molecule has 1 saturated heterocycles. The molecule has 0 bridgehead atoms. The Labute approximate surface area is 122 Å². The van der Waals surface area contributed by atoms with Gasteiger partial charge < -0.3 is 14.9 Å². The van der Waals surface area contributed by atoms with Crippen LogP contribution in [0, 0.1) is 5.92 Å². The van der Waals surface area contributed by atoms with Gasteiger partial charge in [-0.2, -0.15) is 0 Å². The fraction of sp³-hybridized carbons (Fsp3) is 0.933. The third kappa shape index (κ3) is 4.43. The van der Waals surface area contributed by atoms with Gasteiger partial charge in [-0.25, -0.2) is 0 Å². The summed E-state index contributed by atoms with van der Waals surface area (Å²) in [6.45, 7) is 5.64. The summed E-state index contributed by atoms with van der Waals surface area (Å²) < 4.78 is 0. The minimum Gasteiger partial charge on any atom is -0.480 e. The molecule has 0 aromatic rings. The number of carbonyl (C=O) groups is 1. The lowest BCUT2D eigenvalue weighted by atomic mass is 9.94. The SMILES string of the molecule is CN(C)CC1CCN(CC(C)(NC2CC2)C(=O)O)CC1. The zero-order valence-corrected chi connectivity index (χ0v) is 13.1. The number of hydrogen-bond donors (Lipinski definition) is 2. The van der Waals surface area contributed by atoms with Crippen molar-refractivity contribution in [3.63, 3.8) is 0 Å². The third-order valence-corrected chi connectivity index (χ3v) is 4.44. The van der Waals surface area contributed by atoms with Gasteiger partial charge in [-0.1, -0.05) is 0 Å². The van der Waals surface area contributed by atoms with Crippen molar-refractivity contribution >= 4 is 5.97 Å². The Balaban J connectivity index is 1.81. The van der Waals surface area contributed by atoms with Gasteiger partial charge in [0.2, 0.25) is 0 Å². The second-order valence-electron chi connectivity index (χ2n) is 7.04. The number of nitrogens with one attached hydrogen (secondary N) is 1. The van der Waals surface area contributed by atoms with Crippen molar-refractivity contribution in [3.8, 4) is 0 Å². The standard InChI is InChI=1S/C15H29N3O2/c1-15(14(19)20,16-13-4-5-13)11-18-8-6-12(7-9-18)10-17(2)3/h12-13,16H,4-11H2,1-3H3,(H,19,20). The fourth-order valence-corrected chi connectivity index (χ4v) is 3.14. The van der Waals surface area contributed by atoms with Crippen LogP contribution in [0.3, 0.4) is 0 Å². The Hall–Kier alpha value is -0.650. The van der Waals surface area contributed by atoms with Crippen molar-refractivity contribution in [2.24, 2.45) is 5.92 Å².